The van der Waals surface area contributed by atoms with E-state index >= 15 is 0 Å². The highest BCUT2D eigenvalue weighted by Crippen LogP contribution is 2.42. The van der Waals surface area contributed by atoms with Crippen molar-refractivity contribution in [3.8, 4) is 0 Å². The van der Waals surface area contributed by atoms with Crippen LogP contribution in [0.25, 0.3) is 11.0 Å². The van der Waals surface area contributed by atoms with Crippen molar-refractivity contribution in [2.24, 2.45) is 0 Å². The molecule has 2 aliphatic rings. The van der Waals surface area contributed by atoms with E-state index in [0.717, 1.165) is 10.5 Å². The molecule has 7 heteroatoms. The lowest BCUT2D eigenvalue weighted by Gasteiger charge is -2.31. The highest BCUT2D eigenvalue weighted by Gasteiger charge is 2.49. The second kappa shape index (κ2) is 6.77. The van der Waals surface area contributed by atoms with Crippen molar-refractivity contribution in [2.75, 3.05) is 11.9 Å². The third-order valence-corrected chi connectivity index (χ3v) is 5.87. The van der Waals surface area contributed by atoms with E-state index in [1.807, 2.05) is 19.1 Å². The normalized spacial score (nSPS) is 18.9. The standard InChI is InChI=1S/C24H18N2O5/c1-13-7-9-14(10-8-13)26-19(27)11-16(20-21(26)24(30)25(2)23(20)29)17-12-31-18-6-4-3-5-15(18)22(17)28/h3-10,12,16H,11H2,1-2H3. The molecule has 1 atom stereocenters. The number of aryl methyl sites for hydroxylation is 1. The van der Waals surface area contributed by atoms with Crippen LogP contribution in [0.4, 0.5) is 5.69 Å². The molecule has 31 heavy (non-hydrogen) atoms. The number of carbonyl (C=O) groups excluding carboxylic acids is 3. The van der Waals surface area contributed by atoms with Gasteiger partial charge in [-0.15, -0.1) is 0 Å². The number of rotatable bonds is 2. The van der Waals surface area contributed by atoms with Crippen molar-refractivity contribution in [3.63, 3.8) is 0 Å². The Labute approximate surface area is 177 Å². The van der Waals surface area contributed by atoms with Gasteiger partial charge < -0.3 is 4.42 Å². The summed E-state index contributed by atoms with van der Waals surface area (Å²) in [6.07, 6.45) is 1.17. The average molecular weight is 414 g/mol. The topological polar surface area (TPSA) is 87.9 Å². The van der Waals surface area contributed by atoms with Gasteiger partial charge in [0.25, 0.3) is 11.8 Å². The molecule has 3 aromatic rings. The third kappa shape index (κ3) is 2.73. The van der Waals surface area contributed by atoms with E-state index in [1.165, 1.54) is 18.2 Å². The second-order valence-corrected chi connectivity index (χ2v) is 7.77. The Morgan fingerprint density at radius 3 is 2.39 bits per heavy atom. The summed E-state index contributed by atoms with van der Waals surface area (Å²) in [4.78, 5) is 54.7. The Hall–Kier alpha value is -4.00. The molecule has 3 amide bonds. The molecule has 3 heterocycles. The molecular formula is C24H18N2O5. The fourth-order valence-corrected chi connectivity index (χ4v) is 4.24. The molecule has 0 spiro atoms. The van der Waals surface area contributed by atoms with Gasteiger partial charge in [-0.3, -0.25) is 29.0 Å². The largest absolute Gasteiger partial charge is 0.464 e. The average Bonchev–Trinajstić information content (AvgIpc) is 2.99. The molecule has 2 aliphatic heterocycles. The predicted molar refractivity (Wildman–Crippen MR) is 113 cm³/mol. The summed E-state index contributed by atoms with van der Waals surface area (Å²) in [7, 11) is 1.38. The summed E-state index contributed by atoms with van der Waals surface area (Å²) >= 11 is 0. The number of nitrogens with zero attached hydrogens (tertiary/aromatic N) is 2. The Balaban J connectivity index is 1.73. The van der Waals surface area contributed by atoms with Gasteiger partial charge in [0.15, 0.2) is 5.43 Å². The molecule has 154 valence electrons. The Bertz CT molecular complexity index is 1370. The van der Waals surface area contributed by atoms with Gasteiger partial charge in [0.2, 0.25) is 5.91 Å². The van der Waals surface area contributed by atoms with E-state index in [2.05, 4.69) is 0 Å². The molecule has 1 aromatic heterocycles. The van der Waals surface area contributed by atoms with E-state index < -0.39 is 17.7 Å². The molecule has 0 radical (unpaired) electrons. The maximum atomic E-state index is 13.2. The highest BCUT2D eigenvalue weighted by molar-refractivity contribution is 6.26. The molecular weight excluding hydrogens is 396 g/mol. The molecule has 0 aliphatic carbocycles. The van der Waals surface area contributed by atoms with Gasteiger partial charge in [0.05, 0.1) is 17.2 Å². The fourth-order valence-electron chi connectivity index (χ4n) is 4.24. The number of amides is 3. The first-order valence-electron chi connectivity index (χ1n) is 9.85. The summed E-state index contributed by atoms with van der Waals surface area (Å²) in [6, 6.07) is 13.9. The van der Waals surface area contributed by atoms with Crippen LogP contribution in [0.3, 0.4) is 0 Å². The number of fused-ring (bicyclic) bond motifs is 1. The van der Waals surface area contributed by atoms with E-state index in [9.17, 15) is 19.2 Å². The number of likely N-dealkylation sites (N-methyl/N-ethyl adjacent to an activating group) is 1. The maximum Gasteiger partial charge on any atom is 0.278 e. The minimum atomic E-state index is -0.855. The zero-order chi connectivity index (χ0) is 21.9. The smallest absolute Gasteiger partial charge is 0.278 e. The number of imide groups is 1. The molecule has 0 saturated heterocycles. The first-order valence-corrected chi connectivity index (χ1v) is 9.85. The Morgan fingerprint density at radius 2 is 1.65 bits per heavy atom. The van der Waals surface area contributed by atoms with E-state index in [4.69, 9.17) is 4.42 Å². The van der Waals surface area contributed by atoms with Crippen molar-refractivity contribution >= 4 is 34.4 Å². The minimum absolute atomic E-state index is 0.00478. The van der Waals surface area contributed by atoms with Gasteiger partial charge in [-0.1, -0.05) is 29.8 Å². The molecule has 2 aromatic carbocycles. The zero-order valence-electron chi connectivity index (χ0n) is 16.9. The minimum Gasteiger partial charge on any atom is -0.464 e. The van der Waals surface area contributed by atoms with Crippen molar-refractivity contribution in [2.45, 2.75) is 19.3 Å². The lowest BCUT2D eigenvalue weighted by Crippen LogP contribution is -2.39. The third-order valence-electron chi connectivity index (χ3n) is 5.87. The number of benzene rings is 2. The lowest BCUT2D eigenvalue weighted by molar-refractivity contribution is -0.136. The van der Waals surface area contributed by atoms with E-state index in [1.54, 1.807) is 36.4 Å². The van der Waals surface area contributed by atoms with Crippen LogP contribution in [0.5, 0.6) is 0 Å². The maximum absolute atomic E-state index is 13.2. The van der Waals surface area contributed by atoms with Gasteiger partial charge in [0, 0.05) is 30.6 Å². The van der Waals surface area contributed by atoms with Crippen LogP contribution in [0.2, 0.25) is 0 Å². The van der Waals surface area contributed by atoms with Crippen LogP contribution in [0.1, 0.15) is 23.5 Å². The van der Waals surface area contributed by atoms with Gasteiger partial charge in [-0.05, 0) is 31.2 Å². The van der Waals surface area contributed by atoms with Gasteiger partial charge in [-0.2, -0.15) is 0 Å². The highest BCUT2D eigenvalue weighted by atomic mass is 16.3. The van der Waals surface area contributed by atoms with Crippen molar-refractivity contribution in [3.05, 3.63) is 87.4 Å². The fraction of sp³-hybridized carbons (Fsp3) is 0.167. The van der Waals surface area contributed by atoms with Crippen molar-refractivity contribution in [1.29, 1.82) is 0 Å². The monoisotopic (exact) mass is 414 g/mol. The summed E-state index contributed by atoms with van der Waals surface area (Å²) < 4.78 is 5.62. The molecule has 0 fully saturated rings. The number of para-hydroxylation sites is 1. The van der Waals surface area contributed by atoms with Crippen molar-refractivity contribution in [1.82, 2.24) is 4.90 Å². The van der Waals surface area contributed by atoms with Gasteiger partial charge >= 0.3 is 0 Å². The van der Waals surface area contributed by atoms with E-state index in [0.29, 0.717) is 16.7 Å². The predicted octanol–water partition coefficient (Wildman–Crippen LogP) is 2.87. The summed E-state index contributed by atoms with van der Waals surface area (Å²) in [6.45, 7) is 1.92. The molecule has 0 saturated carbocycles. The first-order chi connectivity index (χ1) is 14.9. The summed E-state index contributed by atoms with van der Waals surface area (Å²) in [5.41, 5.74) is 1.95. The first kappa shape index (κ1) is 19.0. The number of carbonyl (C=O) groups is 3. The zero-order valence-corrected chi connectivity index (χ0v) is 16.9. The van der Waals surface area contributed by atoms with Crippen molar-refractivity contribution < 1.29 is 18.8 Å². The van der Waals surface area contributed by atoms with Crippen LogP contribution in [-0.2, 0) is 14.4 Å². The Morgan fingerprint density at radius 1 is 0.935 bits per heavy atom. The van der Waals surface area contributed by atoms with Gasteiger partial charge in [-0.25, -0.2) is 0 Å². The molecule has 0 bridgehead atoms. The van der Waals surface area contributed by atoms with E-state index in [-0.39, 0.29) is 34.6 Å². The molecule has 7 nitrogen and oxygen atoms in total. The molecule has 5 rings (SSSR count). The SMILES string of the molecule is Cc1ccc(N2C(=O)CC(c3coc4ccccc4c3=O)C3=C2C(=O)N(C)C3=O)cc1. The summed E-state index contributed by atoms with van der Waals surface area (Å²) in [5, 5.41) is 0.362. The number of anilines is 1. The van der Waals surface area contributed by atoms with Crippen LogP contribution in [0.15, 0.2) is 75.3 Å². The Kier molecular flexibility index (Phi) is 4.15. The quantitative estimate of drug-likeness (QED) is 0.602. The molecule has 1 unspecified atom stereocenters. The van der Waals surface area contributed by atoms with Crippen LogP contribution >= 0.6 is 0 Å². The molecule has 0 N–H and O–H groups in total. The second-order valence-electron chi connectivity index (χ2n) is 7.77. The van der Waals surface area contributed by atoms with Crippen LogP contribution in [-0.4, -0.2) is 29.7 Å². The van der Waals surface area contributed by atoms with Crippen LogP contribution < -0.4 is 10.3 Å². The number of hydrogen-bond donors (Lipinski definition) is 0. The lowest BCUT2D eigenvalue weighted by atomic mass is 9.84. The number of hydrogen-bond acceptors (Lipinski definition) is 5. The van der Waals surface area contributed by atoms with Crippen LogP contribution in [0, 0.1) is 6.92 Å². The van der Waals surface area contributed by atoms with Gasteiger partial charge in [0.1, 0.15) is 11.3 Å². The summed E-state index contributed by atoms with van der Waals surface area (Å²) in [5.74, 6) is -2.30.